The van der Waals surface area contributed by atoms with Gasteiger partial charge in [-0.1, -0.05) is 164 Å². The predicted molar refractivity (Wildman–Crippen MR) is 238 cm³/mol. The SMILES string of the molecule is CC/C=C\C/C=C\C/C=C\C/C=C\CCCCCCCCCCC(=O)OC(COCCCCCCCC/C=C\C/C=C\CCCCC)COP(=O)(O)OCCN. The molecule has 0 aliphatic carbocycles. The van der Waals surface area contributed by atoms with E-state index in [1.54, 1.807) is 0 Å². The molecule has 0 radical (unpaired) electrons. The van der Waals surface area contributed by atoms with Crippen molar-refractivity contribution < 1.29 is 32.8 Å². The standard InChI is InChI=1S/C47H84NO7P/c1-3-5-7-9-11-13-15-17-19-21-22-23-24-25-26-28-30-32-34-36-38-40-47(49)55-46(45-54-56(50,51)53-43-41-48)44-52-42-39-37-35-33-31-29-27-20-18-16-14-12-10-8-6-4-2/h5,7,11-14,17-20,22-23,46H,3-4,6,8-10,15-16,21,24-45,48H2,1-2H3,(H,50,51)/b7-5-,13-11-,14-12-,19-17-,20-18-,23-22-. The lowest BCUT2D eigenvalue weighted by Gasteiger charge is -2.20. The molecule has 3 N–H and O–H groups in total. The number of carbonyl (C=O) groups excluding carboxylic acids is 1. The first-order valence-corrected chi connectivity index (χ1v) is 23.9. The lowest BCUT2D eigenvalue weighted by molar-refractivity contribution is -0.154. The zero-order valence-electron chi connectivity index (χ0n) is 35.8. The van der Waals surface area contributed by atoms with Crippen molar-refractivity contribution in [3.05, 3.63) is 72.9 Å². The van der Waals surface area contributed by atoms with Crippen LogP contribution < -0.4 is 5.73 Å². The number of ether oxygens (including phenoxy) is 2. The minimum absolute atomic E-state index is 0.0935. The normalized spacial score (nSPS) is 14.1. The van der Waals surface area contributed by atoms with Crippen LogP contribution in [0.15, 0.2) is 72.9 Å². The van der Waals surface area contributed by atoms with Crippen LogP contribution in [0.5, 0.6) is 0 Å². The summed E-state index contributed by atoms with van der Waals surface area (Å²) in [7, 11) is -4.29. The molecule has 0 amide bonds. The van der Waals surface area contributed by atoms with E-state index in [0.717, 1.165) is 83.5 Å². The van der Waals surface area contributed by atoms with E-state index in [1.165, 1.54) is 77.0 Å². The Morgan fingerprint density at radius 2 is 1.00 bits per heavy atom. The molecule has 0 saturated carbocycles. The van der Waals surface area contributed by atoms with E-state index in [1.807, 2.05) is 0 Å². The van der Waals surface area contributed by atoms with Crippen LogP contribution in [0.2, 0.25) is 0 Å². The summed E-state index contributed by atoms with van der Waals surface area (Å²) in [4.78, 5) is 22.5. The zero-order chi connectivity index (χ0) is 40.9. The van der Waals surface area contributed by atoms with Crippen LogP contribution in [0.3, 0.4) is 0 Å². The number of esters is 1. The number of rotatable bonds is 42. The monoisotopic (exact) mass is 806 g/mol. The molecule has 2 unspecified atom stereocenters. The average Bonchev–Trinajstić information content (AvgIpc) is 3.19. The Morgan fingerprint density at radius 3 is 1.50 bits per heavy atom. The summed E-state index contributed by atoms with van der Waals surface area (Å²) in [6, 6.07) is 0. The van der Waals surface area contributed by atoms with Gasteiger partial charge in [0.25, 0.3) is 0 Å². The van der Waals surface area contributed by atoms with Crippen molar-refractivity contribution in [3.8, 4) is 0 Å². The molecule has 0 aromatic carbocycles. The smallest absolute Gasteiger partial charge is 0.457 e. The highest BCUT2D eigenvalue weighted by atomic mass is 31.2. The number of carbonyl (C=O) groups is 1. The van der Waals surface area contributed by atoms with Gasteiger partial charge in [-0.05, 0) is 83.5 Å². The highest BCUT2D eigenvalue weighted by molar-refractivity contribution is 7.47. The van der Waals surface area contributed by atoms with Gasteiger partial charge in [-0.15, -0.1) is 0 Å². The number of phosphoric ester groups is 1. The first kappa shape index (κ1) is 53.9. The highest BCUT2D eigenvalue weighted by Crippen LogP contribution is 2.43. The molecule has 0 aliphatic rings. The van der Waals surface area contributed by atoms with Crippen molar-refractivity contribution >= 4 is 13.8 Å². The van der Waals surface area contributed by atoms with Gasteiger partial charge >= 0.3 is 13.8 Å². The van der Waals surface area contributed by atoms with E-state index in [4.69, 9.17) is 24.3 Å². The molecule has 0 bridgehead atoms. The molecule has 8 nitrogen and oxygen atoms in total. The minimum atomic E-state index is -4.29. The van der Waals surface area contributed by atoms with Crippen LogP contribution in [-0.2, 0) is 27.9 Å². The fourth-order valence-corrected chi connectivity index (χ4v) is 6.61. The van der Waals surface area contributed by atoms with Crippen molar-refractivity contribution in [2.24, 2.45) is 5.73 Å². The maximum Gasteiger partial charge on any atom is 0.472 e. The highest BCUT2D eigenvalue weighted by Gasteiger charge is 2.25. The topological polar surface area (TPSA) is 117 Å². The van der Waals surface area contributed by atoms with Gasteiger partial charge in [0.2, 0.25) is 0 Å². The molecule has 0 aliphatic heterocycles. The van der Waals surface area contributed by atoms with Crippen molar-refractivity contribution in [2.75, 3.05) is 33.0 Å². The minimum Gasteiger partial charge on any atom is -0.457 e. The summed E-state index contributed by atoms with van der Waals surface area (Å²) in [5.74, 6) is -0.345. The third-order valence-corrected chi connectivity index (χ3v) is 10.1. The molecule has 2 atom stereocenters. The number of hydrogen-bond acceptors (Lipinski definition) is 7. The Balaban J connectivity index is 4.06. The third-order valence-electron chi connectivity index (χ3n) is 9.11. The molecule has 0 fully saturated rings. The third kappa shape index (κ3) is 43.1. The van der Waals surface area contributed by atoms with Gasteiger partial charge < -0.3 is 20.1 Å². The second-order valence-electron chi connectivity index (χ2n) is 14.5. The number of allylic oxidation sites excluding steroid dienone is 12. The maximum atomic E-state index is 12.6. The van der Waals surface area contributed by atoms with E-state index >= 15 is 0 Å². The van der Waals surface area contributed by atoms with Gasteiger partial charge in [0.05, 0.1) is 19.8 Å². The summed E-state index contributed by atoms with van der Waals surface area (Å²) in [6.45, 7) is 4.74. The van der Waals surface area contributed by atoms with Gasteiger partial charge in [-0.2, -0.15) is 0 Å². The van der Waals surface area contributed by atoms with Gasteiger partial charge in [-0.3, -0.25) is 13.8 Å². The van der Waals surface area contributed by atoms with E-state index in [2.05, 4.69) is 86.8 Å². The van der Waals surface area contributed by atoms with Crippen molar-refractivity contribution in [3.63, 3.8) is 0 Å². The second-order valence-corrected chi connectivity index (χ2v) is 16.0. The van der Waals surface area contributed by atoms with E-state index < -0.39 is 13.9 Å². The van der Waals surface area contributed by atoms with Gasteiger partial charge in [-0.25, -0.2) is 4.57 Å². The average molecular weight is 806 g/mol. The molecular formula is C47H84NO7P. The Hall–Kier alpha value is -2.06. The quantitative estimate of drug-likeness (QED) is 0.0271. The molecule has 0 heterocycles. The maximum absolute atomic E-state index is 12.6. The number of phosphoric acid groups is 1. The van der Waals surface area contributed by atoms with E-state index in [-0.39, 0.29) is 32.3 Å². The number of hydrogen-bond donors (Lipinski definition) is 2. The summed E-state index contributed by atoms with van der Waals surface area (Å²) < 4.78 is 33.5. The van der Waals surface area contributed by atoms with Crippen LogP contribution in [-0.4, -0.2) is 49.9 Å². The van der Waals surface area contributed by atoms with E-state index in [9.17, 15) is 14.3 Å². The molecule has 9 heteroatoms. The summed E-state index contributed by atoms with van der Waals surface area (Å²) in [5.41, 5.74) is 5.37. The molecule has 0 rings (SSSR count). The van der Waals surface area contributed by atoms with Crippen LogP contribution in [0, 0.1) is 0 Å². The van der Waals surface area contributed by atoms with Crippen LogP contribution >= 0.6 is 7.82 Å². The predicted octanol–water partition coefficient (Wildman–Crippen LogP) is 13.5. The number of nitrogens with two attached hydrogens (primary N) is 1. The molecule has 324 valence electrons. The van der Waals surface area contributed by atoms with Gasteiger partial charge in [0.1, 0.15) is 6.10 Å². The zero-order valence-corrected chi connectivity index (χ0v) is 36.7. The molecule has 56 heavy (non-hydrogen) atoms. The van der Waals surface area contributed by atoms with Crippen LogP contribution in [0.1, 0.15) is 181 Å². The summed E-state index contributed by atoms with van der Waals surface area (Å²) >= 11 is 0. The first-order chi connectivity index (χ1) is 27.4. The molecule has 0 spiro atoms. The first-order valence-electron chi connectivity index (χ1n) is 22.4. The molecule has 0 saturated heterocycles. The van der Waals surface area contributed by atoms with Crippen LogP contribution in [0.25, 0.3) is 0 Å². The Kier molecular flexibility index (Phi) is 42.4. The lowest BCUT2D eigenvalue weighted by Crippen LogP contribution is -2.28. The van der Waals surface area contributed by atoms with E-state index in [0.29, 0.717) is 13.0 Å². The van der Waals surface area contributed by atoms with Gasteiger partial charge in [0, 0.05) is 19.6 Å². The Morgan fingerprint density at radius 1 is 0.554 bits per heavy atom. The lowest BCUT2D eigenvalue weighted by atomic mass is 10.1. The van der Waals surface area contributed by atoms with Crippen molar-refractivity contribution in [1.29, 1.82) is 0 Å². The summed E-state index contributed by atoms with van der Waals surface area (Å²) in [5, 5.41) is 0. The largest absolute Gasteiger partial charge is 0.472 e. The van der Waals surface area contributed by atoms with Crippen molar-refractivity contribution in [1.82, 2.24) is 0 Å². The fraction of sp³-hybridized carbons (Fsp3) is 0.723. The molecular weight excluding hydrogens is 721 g/mol. The summed E-state index contributed by atoms with van der Waals surface area (Å²) in [6.07, 6.45) is 54.9. The molecule has 0 aromatic rings. The Bertz CT molecular complexity index is 1080. The van der Waals surface area contributed by atoms with Gasteiger partial charge in [0.15, 0.2) is 0 Å². The van der Waals surface area contributed by atoms with Crippen LogP contribution in [0.4, 0.5) is 0 Å². The fourth-order valence-electron chi connectivity index (χ4n) is 5.84. The Labute approximate surface area is 344 Å². The second kappa shape index (κ2) is 44.1. The number of unbranched alkanes of at least 4 members (excludes halogenated alkanes) is 17. The van der Waals surface area contributed by atoms with Crippen molar-refractivity contribution in [2.45, 2.75) is 187 Å². The molecule has 0 aromatic heterocycles.